The molecule has 4 nitrogen and oxygen atoms in total. The molecule has 1 heterocycles. The average Bonchev–Trinajstić information content (AvgIpc) is 2.85. The van der Waals surface area contributed by atoms with Gasteiger partial charge in [-0.05, 0) is 36.6 Å². The van der Waals surface area contributed by atoms with Gasteiger partial charge in [0, 0.05) is 12.6 Å². The highest BCUT2D eigenvalue weighted by Gasteiger charge is 2.32. The summed E-state index contributed by atoms with van der Waals surface area (Å²) in [6, 6.07) is 5.10. The van der Waals surface area contributed by atoms with Crippen molar-refractivity contribution in [3.63, 3.8) is 0 Å². The molecule has 1 amide bonds. The molecule has 0 saturated carbocycles. The Morgan fingerprint density at radius 2 is 2.21 bits per heavy atom. The molecule has 2 rings (SSSR count). The van der Waals surface area contributed by atoms with Crippen LogP contribution in [0.1, 0.15) is 18.4 Å². The van der Waals surface area contributed by atoms with E-state index < -0.39 is 12.0 Å². The molecule has 1 saturated heterocycles. The number of hydrogen-bond donors (Lipinski definition) is 1. The molecule has 5 heteroatoms. The molecule has 100 valence electrons. The van der Waals surface area contributed by atoms with Crippen molar-refractivity contribution in [3.8, 4) is 0 Å². The van der Waals surface area contributed by atoms with Gasteiger partial charge in [-0.2, -0.15) is 0 Å². The second kappa shape index (κ2) is 5.65. The molecule has 1 N–H and O–H groups in total. The summed E-state index contributed by atoms with van der Waals surface area (Å²) in [6.45, 7) is 0.448. The summed E-state index contributed by atoms with van der Waals surface area (Å²) in [4.78, 5) is 24.2. The number of amides is 1. The molecule has 1 aromatic rings. The van der Waals surface area contributed by atoms with E-state index in [-0.39, 0.29) is 11.7 Å². The highest BCUT2D eigenvalue weighted by molar-refractivity contribution is 5.94. The molecule has 1 aliphatic heterocycles. The first kappa shape index (κ1) is 13.3. The summed E-state index contributed by atoms with van der Waals surface area (Å²) in [6.07, 6.45) is 3.95. The van der Waals surface area contributed by atoms with Crippen LogP contribution >= 0.6 is 0 Å². The SMILES string of the molecule is O=C(O)C1CCCN1C(=O)/C=C/c1cccc(F)c1. The maximum Gasteiger partial charge on any atom is 0.326 e. The highest BCUT2D eigenvalue weighted by Crippen LogP contribution is 2.18. The van der Waals surface area contributed by atoms with Crippen molar-refractivity contribution >= 4 is 18.0 Å². The third-order valence-electron chi connectivity index (χ3n) is 3.09. The number of benzene rings is 1. The van der Waals surface area contributed by atoms with E-state index in [4.69, 9.17) is 5.11 Å². The van der Waals surface area contributed by atoms with Crippen molar-refractivity contribution in [2.75, 3.05) is 6.54 Å². The lowest BCUT2D eigenvalue weighted by atomic mass is 10.2. The smallest absolute Gasteiger partial charge is 0.326 e. The second-order valence-corrected chi connectivity index (χ2v) is 4.42. The Kier molecular flexibility index (Phi) is 3.94. The van der Waals surface area contributed by atoms with E-state index in [9.17, 15) is 14.0 Å². The Bertz CT molecular complexity index is 527. The first-order valence-corrected chi connectivity index (χ1v) is 6.05. The van der Waals surface area contributed by atoms with E-state index in [2.05, 4.69) is 0 Å². The van der Waals surface area contributed by atoms with Crippen LogP contribution in [-0.2, 0) is 9.59 Å². The van der Waals surface area contributed by atoms with E-state index in [1.807, 2.05) is 0 Å². The van der Waals surface area contributed by atoms with Gasteiger partial charge in [-0.15, -0.1) is 0 Å². The Morgan fingerprint density at radius 1 is 1.42 bits per heavy atom. The predicted octanol–water partition coefficient (Wildman–Crippen LogP) is 1.91. The number of hydrogen-bond acceptors (Lipinski definition) is 2. The largest absolute Gasteiger partial charge is 0.480 e. The van der Waals surface area contributed by atoms with Crippen molar-refractivity contribution in [3.05, 3.63) is 41.7 Å². The van der Waals surface area contributed by atoms with E-state index in [0.29, 0.717) is 24.9 Å². The maximum atomic E-state index is 13.0. The molecule has 0 aliphatic carbocycles. The van der Waals surface area contributed by atoms with Crippen LogP contribution in [0, 0.1) is 5.82 Å². The third-order valence-corrected chi connectivity index (χ3v) is 3.09. The van der Waals surface area contributed by atoms with Crippen LogP contribution in [0.25, 0.3) is 6.08 Å². The number of carboxylic acids is 1. The summed E-state index contributed by atoms with van der Waals surface area (Å²) in [5.74, 6) is -1.71. The van der Waals surface area contributed by atoms with Crippen molar-refractivity contribution in [1.82, 2.24) is 4.90 Å². The summed E-state index contributed by atoms with van der Waals surface area (Å²) >= 11 is 0. The molecule has 1 fully saturated rings. The Balaban J connectivity index is 2.06. The summed E-state index contributed by atoms with van der Waals surface area (Å²) in [5, 5.41) is 8.99. The van der Waals surface area contributed by atoms with Crippen LogP contribution in [-0.4, -0.2) is 34.5 Å². The van der Waals surface area contributed by atoms with Crippen LogP contribution in [0.15, 0.2) is 30.3 Å². The maximum absolute atomic E-state index is 13.0. The van der Waals surface area contributed by atoms with Crippen LogP contribution < -0.4 is 0 Å². The molecule has 1 aromatic carbocycles. The quantitative estimate of drug-likeness (QED) is 0.847. The molecular formula is C14H14FNO3. The normalized spacial score (nSPS) is 19.0. The van der Waals surface area contributed by atoms with Gasteiger partial charge < -0.3 is 10.0 Å². The fraction of sp³-hybridized carbons (Fsp3) is 0.286. The van der Waals surface area contributed by atoms with Gasteiger partial charge in [-0.25, -0.2) is 9.18 Å². The number of rotatable bonds is 3. The number of likely N-dealkylation sites (tertiary alicyclic amines) is 1. The monoisotopic (exact) mass is 263 g/mol. The fourth-order valence-electron chi connectivity index (χ4n) is 2.16. The van der Waals surface area contributed by atoms with Crippen LogP contribution in [0.4, 0.5) is 4.39 Å². The standard InChI is InChI=1S/C14H14FNO3/c15-11-4-1-3-10(9-11)6-7-13(17)16-8-2-5-12(16)14(18)19/h1,3-4,6-7,9,12H,2,5,8H2,(H,18,19)/b7-6+. The van der Waals surface area contributed by atoms with Gasteiger partial charge in [-0.1, -0.05) is 12.1 Å². The Hall–Kier alpha value is -2.17. The Labute approximate surface area is 110 Å². The minimum Gasteiger partial charge on any atom is -0.480 e. The first-order chi connectivity index (χ1) is 9.08. The molecule has 1 unspecified atom stereocenters. The number of carbonyl (C=O) groups is 2. The van der Waals surface area contributed by atoms with Gasteiger partial charge in [-0.3, -0.25) is 4.79 Å². The van der Waals surface area contributed by atoms with Gasteiger partial charge in [0.15, 0.2) is 0 Å². The lowest BCUT2D eigenvalue weighted by Crippen LogP contribution is -2.39. The lowest BCUT2D eigenvalue weighted by molar-refractivity contribution is -0.146. The molecule has 1 atom stereocenters. The minimum atomic E-state index is -0.981. The molecule has 19 heavy (non-hydrogen) atoms. The lowest BCUT2D eigenvalue weighted by Gasteiger charge is -2.19. The highest BCUT2D eigenvalue weighted by atomic mass is 19.1. The van der Waals surface area contributed by atoms with Crippen LogP contribution in [0.2, 0.25) is 0 Å². The van der Waals surface area contributed by atoms with E-state index >= 15 is 0 Å². The summed E-state index contributed by atoms with van der Waals surface area (Å²) < 4.78 is 13.0. The fourth-order valence-corrected chi connectivity index (χ4v) is 2.16. The van der Waals surface area contributed by atoms with Gasteiger partial charge in [0.1, 0.15) is 11.9 Å². The molecule has 0 aromatic heterocycles. The van der Waals surface area contributed by atoms with Crippen molar-refractivity contribution in [1.29, 1.82) is 0 Å². The topological polar surface area (TPSA) is 57.6 Å². The number of nitrogens with zero attached hydrogens (tertiary/aromatic N) is 1. The number of carboxylic acid groups (broad SMARTS) is 1. The number of carbonyl (C=O) groups excluding carboxylic acids is 1. The van der Waals surface area contributed by atoms with Gasteiger partial charge >= 0.3 is 5.97 Å². The zero-order valence-electron chi connectivity index (χ0n) is 10.3. The average molecular weight is 263 g/mol. The number of halogens is 1. The first-order valence-electron chi connectivity index (χ1n) is 6.05. The summed E-state index contributed by atoms with van der Waals surface area (Å²) in [5.41, 5.74) is 0.569. The van der Waals surface area contributed by atoms with Gasteiger partial charge in [0.25, 0.3) is 0 Å². The van der Waals surface area contributed by atoms with E-state index in [0.717, 1.165) is 0 Å². The van der Waals surface area contributed by atoms with Crippen LogP contribution in [0.3, 0.4) is 0 Å². The zero-order valence-corrected chi connectivity index (χ0v) is 10.3. The molecule has 1 aliphatic rings. The third kappa shape index (κ3) is 3.19. The van der Waals surface area contributed by atoms with E-state index in [1.165, 1.54) is 29.2 Å². The van der Waals surface area contributed by atoms with Crippen molar-refractivity contribution in [2.45, 2.75) is 18.9 Å². The second-order valence-electron chi connectivity index (χ2n) is 4.42. The Morgan fingerprint density at radius 3 is 2.89 bits per heavy atom. The molecule has 0 radical (unpaired) electrons. The molecule has 0 spiro atoms. The zero-order chi connectivity index (χ0) is 13.8. The van der Waals surface area contributed by atoms with Gasteiger partial charge in [0.05, 0.1) is 0 Å². The van der Waals surface area contributed by atoms with E-state index in [1.54, 1.807) is 12.1 Å². The number of aliphatic carboxylic acids is 1. The van der Waals surface area contributed by atoms with Gasteiger partial charge in [0.2, 0.25) is 5.91 Å². The molecular weight excluding hydrogens is 249 g/mol. The van der Waals surface area contributed by atoms with Crippen molar-refractivity contribution < 1.29 is 19.1 Å². The molecule has 0 bridgehead atoms. The van der Waals surface area contributed by atoms with Crippen molar-refractivity contribution in [2.24, 2.45) is 0 Å². The minimum absolute atomic E-state index is 0.353. The van der Waals surface area contributed by atoms with Crippen LogP contribution in [0.5, 0.6) is 0 Å². The predicted molar refractivity (Wildman–Crippen MR) is 67.8 cm³/mol. The summed E-state index contributed by atoms with van der Waals surface area (Å²) in [7, 11) is 0.